The molecule has 0 aliphatic carbocycles. The fraction of sp³-hybridized carbons (Fsp3) is 0.400. The quantitative estimate of drug-likeness (QED) is 0.553. The molecule has 1 atom stereocenters. The van der Waals surface area contributed by atoms with Crippen molar-refractivity contribution in [3.05, 3.63) is 57.4 Å². The Morgan fingerprint density at radius 3 is 2.46 bits per heavy atom. The minimum absolute atomic E-state index is 0.115. The molecule has 1 aromatic heterocycles. The highest BCUT2D eigenvalue weighted by Gasteiger charge is 2.38. The first kappa shape index (κ1) is 19.6. The largest absolute Gasteiger partial charge is 0.351 e. The molecule has 0 saturated heterocycles. The molecule has 0 saturated carbocycles. The van der Waals surface area contributed by atoms with Crippen LogP contribution in [0.5, 0.6) is 0 Å². The van der Waals surface area contributed by atoms with Gasteiger partial charge in [0.2, 0.25) is 5.95 Å². The molecule has 28 heavy (non-hydrogen) atoms. The summed E-state index contributed by atoms with van der Waals surface area (Å²) in [6, 6.07) is 10.3. The lowest BCUT2D eigenvalue weighted by Crippen LogP contribution is -2.26. The van der Waals surface area contributed by atoms with Gasteiger partial charge in [0.25, 0.3) is 0 Å². The van der Waals surface area contributed by atoms with Gasteiger partial charge in [-0.3, -0.25) is 20.1 Å². The lowest BCUT2D eigenvalue weighted by atomic mass is 10.0. The molecule has 0 spiro atoms. The second-order valence-electron chi connectivity index (χ2n) is 6.98. The molecular weight excluding hydrogens is 356 g/mol. The Morgan fingerprint density at radius 1 is 1.18 bits per heavy atom. The predicted octanol–water partition coefficient (Wildman–Crippen LogP) is 3.84. The third kappa shape index (κ3) is 4.21. The van der Waals surface area contributed by atoms with Crippen molar-refractivity contribution in [3.8, 4) is 0 Å². The van der Waals surface area contributed by atoms with Crippen molar-refractivity contribution in [3.63, 3.8) is 0 Å². The lowest BCUT2D eigenvalue weighted by molar-refractivity contribution is -0.387. The molecule has 0 bridgehead atoms. The van der Waals surface area contributed by atoms with E-state index in [9.17, 15) is 10.1 Å². The van der Waals surface area contributed by atoms with Gasteiger partial charge in [-0.05, 0) is 32.3 Å². The Hall–Kier alpha value is -3.16. The molecule has 8 heteroatoms. The molecule has 0 radical (unpaired) electrons. The van der Waals surface area contributed by atoms with Crippen molar-refractivity contribution >= 4 is 24.1 Å². The first-order valence-corrected chi connectivity index (χ1v) is 9.36. The molecule has 1 N–H and O–H groups in total. The molecule has 8 nitrogen and oxygen atoms in total. The van der Waals surface area contributed by atoms with Crippen molar-refractivity contribution in [1.82, 2.24) is 9.97 Å². The maximum atomic E-state index is 11.6. The van der Waals surface area contributed by atoms with Crippen molar-refractivity contribution in [2.24, 2.45) is 9.98 Å². The van der Waals surface area contributed by atoms with E-state index in [0.717, 1.165) is 19.3 Å². The maximum Gasteiger partial charge on any atom is 0.316 e. The minimum Gasteiger partial charge on any atom is -0.351 e. The number of rotatable bonds is 8. The normalized spacial score (nSPS) is 15.5. The van der Waals surface area contributed by atoms with Crippen molar-refractivity contribution in [1.29, 1.82) is 0 Å². The SMILES string of the molecule is CCCC(Cc1ccccc1)Nc1nc(C)c([N+](=O)[O-])c(C2(C)N=CC=N2)n1. The van der Waals surface area contributed by atoms with Crippen LogP contribution in [0.3, 0.4) is 0 Å². The summed E-state index contributed by atoms with van der Waals surface area (Å²) in [5.41, 5.74) is 0.466. The standard InChI is InChI=1S/C20H24N6O2/c1-4-8-16(13-15-9-6-5-7-10-15)24-19-23-14(2)17(26(27)28)18(25-19)20(3)21-11-12-22-20/h5-7,9-12,16H,4,8,13H2,1-3H3,(H,23,24,25). The molecule has 3 rings (SSSR count). The average molecular weight is 380 g/mol. The van der Waals surface area contributed by atoms with Gasteiger partial charge in [-0.15, -0.1) is 0 Å². The third-order valence-electron chi connectivity index (χ3n) is 4.70. The number of nitrogens with one attached hydrogen (secondary N) is 1. The van der Waals surface area contributed by atoms with Crippen molar-refractivity contribution < 1.29 is 4.92 Å². The van der Waals surface area contributed by atoms with Gasteiger partial charge in [-0.1, -0.05) is 43.7 Å². The number of hydrogen-bond donors (Lipinski definition) is 1. The van der Waals surface area contributed by atoms with E-state index in [0.29, 0.717) is 11.6 Å². The van der Waals surface area contributed by atoms with Crippen LogP contribution in [0.1, 0.15) is 43.6 Å². The number of benzene rings is 1. The number of aliphatic imine (C=N–C) groups is 2. The van der Waals surface area contributed by atoms with E-state index < -0.39 is 10.6 Å². The zero-order valence-corrected chi connectivity index (χ0v) is 16.3. The smallest absolute Gasteiger partial charge is 0.316 e. The van der Waals surface area contributed by atoms with E-state index in [4.69, 9.17) is 0 Å². The molecule has 146 valence electrons. The zero-order chi connectivity index (χ0) is 20.1. The molecule has 0 amide bonds. The minimum atomic E-state index is -1.10. The van der Waals surface area contributed by atoms with Gasteiger partial charge in [0.05, 0.1) is 4.92 Å². The molecular formula is C20H24N6O2. The van der Waals surface area contributed by atoms with Crippen LogP contribution in [0.15, 0.2) is 40.3 Å². The lowest BCUT2D eigenvalue weighted by Gasteiger charge is -2.21. The Labute approximate surface area is 164 Å². The summed E-state index contributed by atoms with van der Waals surface area (Å²) in [4.78, 5) is 28.5. The maximum absolute atomic E-state index is 11.6. The second kappa shape index (κ2) is 8.24. The Morgan fingerprint density at radius 2 is 1.86 bits per heavy atom. The average Bonchev–Trinajstić information content (AvgIpc) is 3.10. The highest BCUT2D eigenvalue weighted by atomic mass is 16.6. The highest BCUT2D eigenvalue weighted by molar-refractivity contribution is 6.17. The Bertz CT molecular complexity index is 898. The predicted molar refractivity (Wildman–Crippen MR) is 110 cm³/mol. The van der Waals surface area contributed by atoms with Crippen LogP contribution in [0.4, 0.5) is 11.6 Å². The van der Waals surface area contributed by atoms with Crippen LogP contribution >= 0.6 is 0 Å². The molecule has 2 heterocycles. The van der Waals surface area contributed by atoms with Gasteiger partial charge >= 0.3 is 5.69 Å². The number of nitrogens with zero attached hydrogens (tertiary/aromatic N) is 5. The first-order chi connectivity index (χ1) is 13.4. The summed E-state index contributed by atoms with van der Waals surface area (Å²) in [5.74, 6) is 0.367. The number of anilines is 1. The first-order valence-electron chi connectivity index (χ1n) is 9.36. The fourth-order valence-electron chi connectivity index (χ4n) is 3.35. The molecule has 1 aliphatic heterocycles. The van der Waals surface area contributed by atoms with Crippen LogP contribution in [-0.2, 0) is 12.1 Å². The summed E-state index contributed by atoms with van der Waals surface area (Å²) in [6.07, 6.45) is 5.80. The van der Waals surface area contributed by atoms with Gasteiger partial charge < -0.3 is 5.32 Å². The monoisotopic (exact) mass is 380 g/mol. The summed E-state index contributed by atoms with van der Waals surface area (Å²) < 4.78 is 0. The highest BCUT2D eigenvalue weighted by Crippen LogP contribution is 2.36. The Balaban J connectivity index is 1.94. The number of nitro groups is 1. The number of hydrogen-bond acceptors (Lipinski definition) is 7. The third-order valence-corrected chi connectivity index (χ3v) is 4.70. The van der Waals surface area contributed by atoms with E-state index in [-0.39, 0.29) is 17.4 Å². The molecule has 1 aromatic carbocycles. The Kier molecular flexibility index (Phi) is 5.77. The van der Waals surface area contributed by atoms with Crippen molar-refractivity contribution in [2.45, 2.75) is 51.7 Å². The summed E-state index contributed by atoms with van der Waals surface area (Å²) in [6.45, 7) is 5.45. The molecule has 1 aliphatic rings. The van der Waals surface area contributed by atoms with Crippen molar-refractivity contribution in [2.75, 3.05) is 5.32 Å². The topological polar surface area (TPSA) is 106 Å². The molecule has 1 unspecified atom stereocenters. The molecule has 0 fully saturated rings. The van der Waals surface area contributed by atoms with Crippen LogP contribution in [0.2, 0.25) is 0 Å². The van der Waals surface area contributed by atoms with E-state index >= 15 is 0 Å². The fourth-order valence-corrected chi connectivity index (χ4v) is 3.35. The summed E-state index contributed by atoms with van der Waals surface area (Å²) in [7, 11) is 0. The van der Waals surface area contributed by atoms with E-state index in [1.54, 1.807) is 13.8 Å². The van der Waals surface area contributed by atoms with Crippen LogP contribution in [0, 0.1) is 17.0 Å². The van der Waals surface area contributed by atoms with E-state index in [1.165, 1.54) is 18.0 Å². The number of aryl methyl sites for hydroxylation is 1. The van der Waals surface area contributed by atoms with Gasteiger partial charge in [0.1, 0.15) is 5.69 Å². The van der Waals surface area contributed by atoms with E-state index in [1.807, 2.05) is 18.2 Å². The summed E-state index contributed by atoms with van der Waals surface area (Å²) in [5, 5.41) is 15.0. The van der Waals surface area contributed by atoms with Gasteiger partial charge in [0, 0.05) is 18.5 Å². The zero-order valence-electron chi connectivity index (χ0n) is 16.3. The van der Waals surface area contributed by atoms with Crippen LogP contribution in [0.25, 0.3) is 0 Å². The van der Waals surface area contributed by atoms with Gasteiger partial charge in [-0.2, -0.15) is 0 Å². The second-order valence-corrected chi connectivity index (χ2v) is 6.98. The van der Waals surface area contributed by atoms with E-state index in [2.05, 4.69) is 44.3 Å². The van der Waals surface area contributed by atoms with Gasteiger partial charge in [0.15, 0.2) is 11.4 Å². The number of aromatic nitrogens is 2. The summed E-state index contributed by atoms with van der Waals surface area (Å²) >= 11 is 0. The van der Waals surface area contributed by atoms with Gasteiger partial charge in [-0.25, -0.2) is 9.97 Å². The van der Waals surface area contributed by atoms with Crippen LogP contribution < -0.4 is 5.32 Å². The molecule has 2 aromatic rings. The van der Waals surface area contributed by atoms with Crippen LogP contribution in [-0.4, -0.2) is 33.4 Å².